The summed E-state index contributed by atoms with van der Waals surface area (Å²) < 4.78 is 5.71. The third-order valence-corrected chi connectivity index (χ3v) is 2.88. The van der Waals surface area contributed by atoms with E-state index in [9.17, 15) is 4.79 Å². The molecule has 0 aliphatic heterocycles. The molecule has 0 radical (unpaired) electrons. The van der Waals surface area contributed by atoms with Crippen LogP contribution in [0.15, 0.2) is 29.1 Å². The molecule has 0 atom stereocenters. The summed E-state index contributed by atoms with van der Waals surface area (Å²) in [7, 11) is 0. The predicted molar refractivity (Wildman–Crippen MR) is 79.5 cm³/mol. The van der Waals surface area contributed by atoms with E-state index in [-0.39, 0.29) is 11.5 Å². The maximum atomic E-state index is 11.7. The number of anilines is 2. The standard InChI is InChI=1S/C14H18N4O2/c1-2-3-8-20-10-7-5-4-6-9(10)13-17-12(16)11(15)14(19)18-13/h4-7H,2-3,8,15H2,1H3,(H3,16,17,18,19). The molecule has 0 aliphatic rings. The fourth-order valence-corrected chi connectivity index (χ4v) is 1.74. The number of ether oxygens (including phenoxy) is 1. The summed E-state index contributed by atoms with van der Waals surface area (Å²) >= 11 is 0. The lowest BCUT2D eigenvalue weighted by Crippen LogP contribution is -2.17. The number of aromatic nitrogens is 2. The van der Waals surface area contributed by atoms with E-state index in [1.165, 1.54) is 0 Å². The van der Waals surface area contributed by atoms with Gasteiger partial charge in [-0.25, -0.2) is 4.98 Å². The predicted octanol–water partition coefficient (Wildman–Crippen LogP) is 1.78. The molecule has 0 amide bonds. The number of rotatable bonds is 5. The Bertz CT molecular complexity index is 652. The van der Waals surface area contributed by atoms with E-state index < -0.39 is 5.56 Å². The Morgan fingerprint density at radius 2 is 2.05 bits per heavy atom. The van der Waals surface area contributed by atoms with Crippen LogP contribution >= 0.6 is 0 Å². The van der Waals surface area contributed by atoms with Gasteiger partial charge in [-0.05, 0) is 18.6 Å². The largest absolute Gasteiger partial charge is 0.493 e. The molecule has 1 heterocycles. The molecular formula is C14H18N4O2. The van der Waals surface area contributed by atoms with E-state index in [0.29, 0.717) is 23.7 Å². The molecule has 2 rings (SSSR count). The van der Waals surface area contributed by atoms with Crippen LogP contribution in [-0.4, -0.2) is 16.6 Å². The molecule has 6 heteroatoms. The molecular weight excluding hydrogens is 256 g/mol. The zero-order valence-corrected chi connectivity index (χ0v) is 11.3. The lowest BCUT2D eigenvalue weighted by Gasteiger charge is -2.11. The van der Waals surface area contributed by atoms with E-state index >= 15 is 0 Å². The van der Waals surface area contributed by atoms with Gasteiger partial charge in [0.1, 0.15) is 17.3 Å². The molecule has 20 heavy (non-hydrogen) atoms. The Morgan fingerprint density at radius 1 is 1.30 bits per heavy atom. The van der Waals surface area contributed by atoms with Crippen molar-refractivity contribution in [1.29, 1.82) is 0 Å². The number of hydrogen-bond acceptors (Lipinski definition) is 5. The molecule has 0 spiro atoms. The van der Waals surface area contributed by atoms with Crippen LogP contribution in [0.5, 0.6) is 5.75 Å². The third kappa shape index (κ3) is 2.90. The molecule has 1 aromatic heterocycles. The highest BCUT2D eigenvalue weighted by Crippen LogP contribution is 2.27. The van der Waals surface area contributed by atoms with Crippen molar-refractivity contribution in [2.24, 2.45) is 0 Å². The molecule has 1 aromatic carbocycles. The maximum absolute atomic E-state index is 11.7. The number of nitrogens with one attached hydrogen (secondary N) is 1. The maximum Gasteiger partial charge on any atom is 0.276 e. The first kappa shape index (κ1) is 13.9. The smallest absolute Gasteiger partial charge is 0.276 e. The molecule has 6 nitrogen and oxygen atoms in total. The lowest BCUT2D eigenvalue weighted by molar-refractivity contribution is 0.310. The van der Waals surface area contributed by atoms with Crippen LogP contribution in [0.4, 0.5) is 11.5 Å². The van der Waals surface area contributed by atoms with Gasteiger partial charge in [0.2, 0.25) is 0 Å². The van der Waals surface area contributed by atoms with Crippen LogP contribution in [0.2, 0.25) is 0 Å². The van der Waals surface area contributed by atoms with E-state index in [1.807, 2.05) is 24.3 Å². The number of unbranched alkanes of at least 4 members (excludes halogenated alkanes) is 1. The number of para-hydroxylation sites is 1. The van der Waals surface area contributed by atoms with Crippen molar-refractivity contribution in [3.8, 4) is 17.1 Å². The summed E-state index contributed by atoms with van der Waals surface area (Å²) in [4.78, 5) is 18.4. The highest BCUT2D eigenvalue weighted by atomic mass is 16.5. The number of hydrogen-bond donors (Lipinski definition) is 3. The Balaban J connectivity index is 2.40. The zero-order valence-electron chi connectivity index (χ0n) is 11.3. The fraction of sp³-hybridized carbons (Fsp3) is 0.286. The van der Waals surface area contributed by atoms with Crippen LogP contribution < -0.4 is 21.8 Å². The number of aromatic amines is 1. The second kappa shape index (κ2) is 6.10. The van der Waals surface area contributed by atoms with Crippen LogP contribution in [-0.2, 0) is 0 Å². The van der Waals surface area contributed by atoms with Gasteiger partial charge in [0.05, 0.1) is 12.2 Å². The summed E-state index contributed by atoms with van der Waals surface area (Å²) in [5.74, 6) is 1.04. The highest BCUT2D eigenvalue weighted by Gasteiger charge is 2.11. The van der Waals surface area contributed by atoms with Gasteiger partial charge in [0.25, 0.3) is 5.56 Å². The van der Waals surface area contributed by atoms with Crippen molar-refractivity contribution in [1.82, 2.24) is 9.97 Å². The fourth-order valence-electron chi connectivity index (χ4n) is 1.74. The van der Waals surface area contributed by atoms with E-state index in [2.05, 4.69) is 16.9 Å². The average molecular weight is 274 g/mol. The van der Waals surface area contributed by atoms with Gasteiger partial charge in [-0.1, -0.05) is 25.5 Å². The molecule has 5 N–H and O–H groups in total. The monoisotopic (exact) mass is 274 g/mol. The third-order valence-electron chi connectivity index (χ3n) is 2.88. The summed E-state index contributed by atoms with van der Waals surface area (Å²) in [6, 6.07) is 7.35. The Kier molecular flexibility index (Phi) is 4.24. The topological polar surface area (TPSA) is 107 Å². The van der Waals surface area contributed by atoms with Crippen molar-refractivity contribution in [3.05, 3.63) is 34.6 Å². The van der Waals surface area contributed by atoms with Gasteiger partial charge < -0.3 is 21.2 Å². The van der Waals surface area contributed by atoms with Crippen molar-refractivity contribution in [2.75, 3.05) is 18.1 Å². The molecule has 2 aromatic rings. The first-order valence-corrected chi connectivity index (χ1v) is 6.51. The van der Waals surface area contributed by atoms with Crippen molar-refractivity contribution in [2.45, 2.75) is 19.8 Å². The second-order valence-corrected chi connectivity index (χ2v) is 4.41. The van der Waals surface area contributed by atoms with E-state index in [0.717, 1.165) is 12.8 Å². The highest BCUT2D eigenvalue weighted by molar-refractivity contribution is 5.68. The van der Waals surface area contributed by atoms with Gasteiger partial charge in [-0.2, -0.15) is 0 Å². The number of benzene rings is 1. The summed E-state index contributed by atoms with van der Waals surface area (Å²) in [5, 5.41) is 0. The second-order valence-electron chi connectivity index (χ2n) is 4.41. The number of nitrogens with zero attached hydrogens (tertiary/aromatic N) is 1. The van der Waals surface area contributed by atoms with Crippen molar-refractivity contribution in [3.63, 3.8) is 0 Å². The molecule has 0 fully saturated rings. The van der Waals surface area contributed by atoms with Gasteiger partial charge in [0, 0.05) is 0 Å². The van der Waals surface area contributed by atoms with Crippen molar-refractivity contribution < 1.29 is 4.74 Å². The molecule has 0 saturated heterocycles. The normalized spacial score (nSPS) is 10.4. The Hall–Kier alpha value is -2.50. The van der Waals surface area contributed by atoms with Crippen LogP contribution in [0.1, 0.15) is 19.8 Å². The first-order valence-electron chi connectivity index (χ1n) is 6.51. The van der Waals surface area contributed by atoms with E-state index in [1.54, 1.807) is 0 Å². The minimum absolute atomic E-state index is 0.0205. The quantitative estimate of drug-likeness (QED) is 0.720. The van der Waals surface area contributed by atoms with Crippen molar-refractivity contribution >= 4 is 11.5 Å². The van der Waals surface area contributed by atoms with Crippen LogP contribution in [0.25, 0.3) is 11.4 Å². The molecule has 0 bridgehead atoms. The SMILES string of the molecule is CCCCOc1ccccc1-c1nc(N)c(N)c(=O)[nH]1. The molecule has 106 valence electrons. The first-order chi connectivity index (χ1) is 9.63. The summed E-state index contributed by atoms with van der Waals surface area (Å²) in [6.45, 7) is 2.71. The van der Waals surface area contributed by atoms with Crippen LogP contribution in [0, 0.1) is 0 Å². The van der Waals surface area contributed by atoms with E-state index in [4.69, 9.17) is 16.2 Å². The number of nitrogens with two attached hydrogens (primary N) is 2. The lowest BCUT2D eigenvalue weighted by atomic mass is 10.2. The summed E-state index contributed by atoms with van der Waals surface area (Å²) in [6.07, 6.45) is 2.01. The number of nitrogen functional groups attached to an aromatic ring is 2. The van der Waals surface area contributed by atoms with Gasteiger partial charge in [-0.15, -0.1) is 0 Å². The van der Waals surface area contributed by atoms with Crippen LogP contribution in [0.3, 0.4) is 0 Å². The van der Waals surface area contributed by atoms with Gasteiger partial charge in [-0.3, -0.25) is 4.79 Å². The molecule has 0 saturated carbocycles. The molecule has 0 unspecified atom stereocenters. The van der Waals surface area contributed by atoms with Gasteiger partial charge in [0.15, 0.2) is 5.82 Å². The minimum Gasteiger partial charge on any atom is -0.493 e. The zero-order chi connectivity index (χ0) is 14.5. The minimum atomic E-state index is -0.448. The average Bonchev–Trinajstić information content (AvgIpc) is 2.45. The Morgan fingerprint density at radius 3 is 2.75 bits per heavy atom. The summed E-state index contributed by atoms with van der Waals surface area (Å²) in [5.41, 5.74) is 11.3. The Labute approximate surface area is 116 Å². The number of H-pyrrole nitrogens is 1. The van der Waals surface area contributed by atoms with Gasteiger partial charge >= 0.3 is 0 Å². The molecule has 0 aliphatic carbocycles.